The topological polar surface area (TPSA) is 32.3 Å². The van der Waals surface area contributed by atoms with Crippen LogP contribution < -0.4 is 5.32 Å². The summed E-state index contributed by atoms with van der Waals surface area (Å²) in [6.45, 7) is 10.9. The van der Waals surface area contributed by atoms with Crippen molar-refractivity contribution < 1.29 is 4.79 Å². The number of amides is 1. The summed E-state index contributed by atoms with van der Waals surface area (Å²) in [6.07, 6.45) is 1.04. The van der Waals surface area contributed by atoms with Crippen LogP contribution in [0.4, 0.5) is 0 Å². The first-order chi connectivity index (χ1) is 6.47. The molecule has 0 radical (unpaired) electrons. The zero-order valence-electron chi connectivity index (χ0n) is 9.76. The van der Waals surface area contributed by atoms with Gasteiger partial charge < -0.3 is 10.2 Å². The van der Waals surface area contributed by atoms with Crippen LogP contribution in [0.2, 0.25) is 0 Å². The van der Waals surface area contributed by atoms with Crippen LogP contribution >= 0.6 is 0 Å². The number of hydrogen-bond acceptors (Lipinski definition) is 2. The van der Waals surface area contributed by atoms with Gasteiger partial charge in [-0.25, -0.2) is 0 Å². The van der Waals surface area contributed by atoms with Crippen molar-refractivity contribution in [1.29, 1.82) is 0 Å². The highest BCUT2D eigenvalue weighted by molar-refractivity contribution is 5.85. The summed E-state index contributed by atoms with van der Waals surface area (Å²) in [4.78, 5) is 14.1. The molecule has 0 aliphatic carbocycles. The molecular formula is C11H22N2O. The lowest BCUT2D eigenvalue weighted by Gasteiger charge is -2.28. The fourth-order valence-corrected chi connectivity index (χ4v) is 1.89. The molecule has 1 saturated heterocycles. The third-order valence-corrected chi connectivity index (χ3v) is 2.74. The monoisotopic (exact) mass is 198 g/mol. The SMILES string of the molecule is CCCN1CC(C)CNC(C)(C)C1=O. The number of carbonyl (C=O) groups excluding carboxylic acids is 1. The molecule has 1 amide bonds. The predicted octanol–water partition coefficient (Wildman–Crippen LogP) is 1.24. The van der Waals surface area contributed by atoms with E-state index in [0.29, 0.717) is 5.92 Å². The molecule has 0 bridgehead atoms. The Morgan fingerprint density at radius 2 is 2.21 bits per heavy atom. The third kappa shape index (κ3) is 2.47. The maximum Gasteiger partial charge on any atom is 0.242 e. The molecule has 1 aliphatic rings. The zero-order chi connectivity index (χ0) is 10.8. The minimum absolute atomic E-state index is 0.240. The highest BCUT2D eigenvalue weighted by Crippen LogP contribution is 2.15. The van der Waals surface area contributed by atoms with E-state index in [1.165, 1.54) is 0 Å². The van der Waals surface area contributed by atoms with Crippen molar-refractivity contribution in [2.24, 2.45) is 5.92 Å². The molecular weight excluding hydrogens is 176 g/mol. The second-order valence-electron chi connectivity index (χ2n) is 4.86. The molecule has 14 heavy (non-hydrogen) atoms. The van der Waals surface area contributed by atoms with Crippen LogP contribution in [0.15, 0.2) is 0 Å². The van der Waals surface area contributed by atoms with Gasteiger partial charge in [-0.15, -0.1) is 0 Å². The molecule has 1 heterocycles. The van der Waals surface area contributed by atoms with Crippen molar-refractivity contribution in [3.8, 4) is 0 Å². The van der Waals surface area contributed by atoms with Gasteiger partial charge in [-0.3, -0.25) is 4.79 Å². The van der Waals surface area contributed by atoms with E-state index in [9.17, 15) is 4.79 Å². The molecule has 3 nitrogen and oxygen atoms in total. The van der Waals surface area contributed by atoms with E-state index < -0.39 is 0 Å². The summed E-state index contributed by atoms with van der Waals surface area (Å²) in [7, 11) is 0. The molecule has 0 aromatic rings. The molecule has 1 atom stereocenters. The summed E-state index contributed by atoms with van der Waals surface area (Å²) in [5.41, 5.74) is -0.389. The average molecular weight is 198 g/mol. The Kier molecular flexibility index (Phi) is 3.53. The number of nitrogens with one attached hydrogen (secondary N) is 1. The summed E-state index contributed by atoms with van der Waals surface area (Å²) in [5, 5.41) is 3.32. The normalized spacial score (nSPS) is 27.6. The second-order valence-corrected chi connectivity index (χ2v) is 4.86. The van der Waals surface area contributed by atoms with Crippen LogP contribution in [-0.2, 0) is 4.79 Å². The molecule has 82 valence electrons. The third-order valence-electron chi connectivity index (χ3n) is 2.74. The van der Waals surface area contributed by atoms with Gasteiger partial charge in [-0.05, 0) is 26.2 Å². The van der Waals surface area contributed by atoms with Crippen molar-refractivity contribution in [1.82, 2.24) is 10.2 Å². The fraction of sp³-hybridized carbons (Fsp3) is 0.909. The molecule has 1 unspecified atom stereocenters. The van der Waals surface area contributed by atoms with E-state index in [-0.39, 0.29) is 11.4 Å². The highest BCUT2D eigenvalue weighted by Gasteiger charge is 2.34. The summed E-state index contributed by atoms with van der Waals surface area (Å²) >= 11 is 0. The van der Waals surface area contributed by atoms with Crippen LogP contribution in [0.3, 0.4) is 0 Å². The average Bonchev–Trinajstić information content (AvgIpc) is 2.20. The first kappa shape index (κ1) is 11.5. The minimum Gasteiger partial charge on any atom is -0.341 e. The summed E-state index contributed by atoms with van der Waals surface area (Å²) in [6, 6.07) is 0. The Balaban J connectivity index is 2.76. The van der Waals surface area contributed by atoms with Gasteiger partial charge in [0.25, 0.3) is 0 Å². The molecule has 0 aromatic heterocycles. The van der Waals surface area contributed by atoms with Crippen LogP contribution in [0.25, 0.3) is 0 Å². The van der Waals surface area contributed by atoms with Crippen molar-refractivity contribution in [2.75, 3.05) is 19.6 Å². The Bertz CT molecular complexity index is 213. The quantitative estimate of drug-likeness (QED) is 0.724. The number of carbonyl (C=O) groups is 1. The van der Waals surface area contributed by atoms with Gasteiger partial charge in [0.15, 0.2) is 0 Å². The van der Waals surface area contributed by atoms with E-state index in [1.54, 1.807) is 0 Å². The maximum absolute atomic E-state index is 12.1. The Morgan fingerprint density at radius 3 is 2.79 bits per heavy atom. The Labute approximate surface area is 86.9 Å². The van der Waals surface area contributed by atoms with Gasteiger partial charge in [-0.2, -0.15) is 0 Å². The highest BCUT2D eigenvalue weighted by atomic mass is 16.2. The molecule has 0 saturated carbocycles. The zero-order valence-corrected chi connectivity index (χ0v) is 9.76. The molecule has 1 aliphatic heterocycles. The van der Waals surface area contributed by atoms with Crippen LogP contribution in [-0.4, -0.2) is 36.0 Å². The fourth-order valence-electron chi connectivity index (χ4n) is 1.89. The summed E-state index contributed by atoms with van der Waals surface area (Å²) < 4.78 is 0. The molecule has 1 N–H and O–H groups in total. The molecule has 1 fully saturated rings. The van der Waals surface area contributed by atoms with Gasteiger partial charge in [-0.1, -0.05) is 13.8 Å². The lowest BCUT2D eigenvalue weighted by molar-refractivity contribution is -0.136. The maximum atomic E-state index is 12.1. The van der Waals surface area contributed by atoms with E-state index >= 15 is 0 Å². The van der Waals surface area contributed by atoms with E-state index in [2.05, 4.69) is 19.2 Å². The number of rotatable bonds is 2. The first-order valence-corrected chi connectivity index (χ1v) is 5.51. The van der Waals surface area contributed by atoms with Gasteiger partial charge in [0.1, 0.15) is 0 Å². The predicted molar refractivity (Wildman–Crippen MR) is 58.1 cm³/mol. The van der Waals surface area contributed by atoms with Gasteiger partial charge in [0, 0.05) is 19.6 Å². The largest absolute Gasteiger partial charge is 0.341 e. The van der Waals surface area contributed by atoms with Crippen molar-refractivity contribution in [3.63, 3.8) is 0 Å². The van der Waals surface area contributed by atoms with Gasteiger partial charge in [0.2, 0.25) is 5.91 Å². The number of nitrogens with zero attached hydrogens (tertiary/aromatic N) is 1. The Hall–Kier alpha value is -0.570. The van der Waals surface area contributed by atoms with Crippen LogP contribution in [0, 0.1) is 5.92 Å². The smallest absolute Gasteiger partial charge is 0.242 e. The minimum atomic E-state index is -0.389. The van der Waals surface area contributed by atoms with E-state index in [4.69, 9.17) is 0 Å². The molecule has 0 aromatic carbocycles. The molecule has 1 rings (SSSR count). The van der Waals surface area contributed by atoms with Crippen molar-refractivity contribution in [3.05, 3.63) is 0 Å². The van der Waals surface area contributed by atoms with E-state index in [0.717, 1.165) is 26.1 Å². The second kappa shape index (κ2) is 4.30. The van der Waals surface area contributed by atoms with Crippen LogP contribution in [0.5, 0.6) is 0 Å². The lowest BCUT2D eigenvalue weighted by atomic mass is 10.0. The molecule has 3 heteroatoms. The molecule has 0 spiro atoms. The van der Waals surface area contributed by atoms with Crippen molar-refractivity contribution in [2.45, 2.75) is 39.7 Å². The van der Waals surface area contributed by atoms with Gasteiger partial charge in [0.05, 0.1) is 5.54 Å². The van der Waals surface area contributed by atoms with Gasteiger partial charge >= 0.3 is 0 Å². The standard InChI is InChI=1S/C11H22N2O/c1-5-6-13-8-9(2)7-12-11(3,4)10(13)14/h9,12H,5-8H2,1-4H3. The number of hydrogen-bond donors (Lipinski definition) is 1. The first-order valence-electron chi connectivity index (χ1n) is 5.51. The van der Waals surface area contributed by atoms with Crippen LogP contribution in [0.1, 0.15) is 34.1 Å². The Morgan fingerprint density at radius 1 is 1.57 bits per heavy atom. The van der Waals surface area contributed by atoms with Crippen molar-refractivity contribution >= 4 is 5.91 Å². The lowest BCUT2D eigenvalue weighted by Crippen LogP contribution is -2.51. The summed E-state index contributed by atoms with van der Waals surface area (Å²) in [5.74, 6) is 0.788. The van der Waals surface area contributed by atoms with E-state index in [1.807, 2.05) is 18.7 Å².